The zero-order valence-corrected chi connectivity index (χ0v) is 16.3. The van der Waals surface area contributed by atoms with Gasteiger partial charge in [0.25, 0.3) is 0 Å². The lowest BCUT2D eigenvalue weighted by Gasteiger charge is -2.23. The number of sulfone groups is 1. The lowest BCUT2D eigenvalue weighted by Crippen LogP contribution is -2.37. The average molecular weight is 407 g/mol. The molecule has 2 fully saturated rings. The number of fused-ring (bicyclic) bond motifs is 1. The summed E-state index contributed by atoms with van der Waals surface area (Å²) in [4.78, 5) is 16.4. The van der Waals surface area contributed by atoms with Crippen molar-refractivity contribution in [3.05, 3.63) is 53.6 Å². The summed E-state index contributed by atoms with van der Waals surface area (Å²) in [7, 11) is -3.23. The number of nitrogens with zero attached hydrogens (tertiary/aromatic N) is 2. The standard InChI is InChI=1S/C19H19ClN2O4S/c1-2-26-16-8-6-14(7-9-16)21-17-11-27(24,25)12-18(17)22(19(21)23)15-5-3-4-13(20)10-15/h3-10,17-18H,2,11-12H2,1H3/t17-,18+/m1/s1. The number of hydrogen-bond acceptors (Lipinski definition) is 4. The van der Waals surface area contributed by atoms with Crippen LogP contribution in [0.4, 0.5) is 16.2 Å². The van der Waals surface area contributed by atoms with Crippen LogP contribution in [0.5, 0.6) is 5.75 Å². The minimum absolute atomic E-state index is 0.0479. The minimum Gasteiger partial charge on any atom is -0.494 e. The number of carbonyl (C=O) groups excluding carboxylic acids is 1. The molecule has 2 atom stereocenters. The van der Waals surface area contributed by atoms with E-state index >= 15 is 0 Å². The van der Waals surface area contributed by atoms with Crippen molar-refractivity contribution < 1.29 is 17.9 Å². The Kier molecular flexibility index (Phi) is 4.52. The first-order valence-corrected chi connectivity index (χ1v) is 10.9. The topological polar surface area (TPSA) is 66.9 Å². The third kappa shape index (κ3) is 3.26. The number of halogens is 1. The summed E-state index contributed by atoms with van der Waals surface area (Å²) < 4.78 is 30.0. The fourth-order valence-electron chi connectivity index (χ4n) is 3.80. The number of amides is 2. The van der Waals surface area contributed by atoms with Crippen molar-refractivity contribution in [3.63, 3.8) is 0 Å². The van der Waals surface area contributed by atoms with E-state index in [-0.39, 0.29) is 17.5 Å². The second-order valence-corrected chi connectivity index (χ2v) is 9.23. The predicted octanol–water partition coefficient (Wildman–Crippen LogP) is 3.35. The van der Waals surface area contributed by atoms with E-state index in [9.17, 15) is 13.2 Å². The van der Waals surface area contributed by atoms with Crippen molar-refractivity contribution in [3.8, 4) is 5.75 Å². The highest BCUT2D eigenvalue weighted by atomic mass is 35.5. The fourth-order valence-corrected chi connectivity index (χ4v) is 5.91. The van der Waals surface area contributed by atoms with Crippen LogP contribution in [-0.2, 0) is 9.84 Å². The van der Waals surface area contributed by atoms with Crippen LogP contribution >= 0.6 is 11.6 Å². The third-order valence-electron chi connectivity index (χ3n) is 4.88. The van der Waals surface area contributed by atoms with Gasteiger partial charge in [0.15, 0.2) is 9.84 Å². The van der Waals surface area contributed by atoms with Crippen LogP contribution in [0.1, 0.15) is 6.92 Å². The van der Waals surface area contributed by atoms with Gasteiger partial charge in [0.2, 0.25) is 0 Å². The summed E-state index contributed by atoms with van der Waals surface area (Å²) in [6.45, 7) is 2.45. The van der Waals surface area contributed by atoms with Gasteiger partial charge in [0.1, 0.15) is 5.75 Å². The molecule has 0 spiro atoms. The molecular weight excluding hydrogens is 388 g/mol. The summed E-state index contributed by atoms with van der Waals surface area (Å²) in [5, 5.41) is 0.497. The van der Waals surface area contributed by atoms with Gasteiger partial charge >= 0.3 is 6.03 Å². The van der Waals surface area contributed by atoms with Crippen LogP contribution in [0.25, 0.3) is 0 Å². The molecule has 8 heteroatoms. The number of rotatable bonds is 4. The summed E-state index contributed by atoms with van der Waals surface area (Å²) in [5.41, 5.74) is 1.26. The summed E-state index contributed by atoms with van der Waals surface area (Å²) in [6.07, 6.45) is 0. The quantitative estimate of drug-likeness (QED) is 0.730. The molecule has 0 unspecified atom stereocenters. The molecule has 27 heavy (non-hydrogen) atoms. The maximum atomic E-state index is 13.2. The number of benzene rings is 2. The molecule has 4 rings (SSSR count). The zero-order valence-electron chi connectivity index (χ0n) is 14.7. The molecule has 0 aromatic heterocycles. The molecule has 0 bridgehead atoms. The fraction of sp³-hybridized carbons (Fsp3) is 0.316. The Balaban J connectivity index is 1.74. The van der Waals surface area contributed by atoms with E-state index in [2.05, 4.69) is 0 Å². The van der Waals surface area contributed by atoms with E-state index in [4.69, 9.17) is 16.3 Å². The van der Waals surface area contributed by atoms with Gasteiger partial charge in [-0.15, -0.1) is 0 Å². The van der Waals surface area contributed by atoms with Crippen LogP contribution in [0.2, 0.25) is 5.02 Å². The first kappa shape index (κ1) is 18.1. The Morgan fingerprint density at radius 2 is 1.67 bits per heavy atom. The lowest BCUT2D eigenvalue weighted by molar-refractivity contribution is 0.255. The van der Waals surface area contributed by atoms with Gasteiger partial charge in [-0.25, -0.2) is 13.2 Å². The molecular formula is C19H19ClN2O4S. The van der Waals surface area contributed by atoms with Crippen LogP contribution in [0.3, 0.4) is 0 Å². The summed E-state index contributed by atoms with van der Waals surface area (Å²) in [6, 6.07) is 13.0. The molecule has 2 aliphatic rings. The number of anilines is 2. The smallest absolute Gasteiger partial charge is 0.329 e. The maximum Gasteiger partial charge on any atom is 0.329 e. The average Bonchev–Trinajstić information content (AvgIpc) is 3.04. The van der Waals surface area contributed by atoms with Crippen molar-refractivity contribution >= 4 is 38.8 Å². The number of hydrogen-bond donors (Lipinski definition) is 0. The van der Waals surface area contributed by atoms with Gasteiger partial charge in [-0.2, -0.15) is 0 Å². The van der Waals surface area contributed by atoms with Gasteiger partial charge in [-0.05, 0) is 49.4 Å². The molecule has 0 N–H and O–H groups in total. The van der Waals surface area contributed by atoms with E-state index in [1.54, 1.807) is 58.3 Å². The molecule has 0 radical (unpaired) electrons. The molecule has 0 aliphatic carbocycles. The third-order valence-corrected chi connectivity index (χ3v) is 6.82. The highest BCUT2D eigenvalue weighted by molar-refractivity contribution is 7.91. The van der Waals surface area contributed by atoms with Gasteiger partial charge in [0.05, 0.1) is 30.2 Å². The minimum atomic E-state index is -3.23. The Hall–Kier alpha value is -2.25. The van der Waals surface area contributed by atoms with Crippen molar-refractivity contribution in [2.75, 3.05) is 27.9 Å². The highest BCUT2D eigenvalue weighted by Gasteiger charge is 2.54. The van der Waals surface area contributed by atoms with Gasteiger partial charge in [-0.1, -0.05) is 17.7 Å². The largest absolute Gasteiger partial charge is 0.494 e. The molecule has 2 aliphatic heterocycles. The summed E-state index contributed by atoms with van der Waals surface area (Å²) >= 11 is 6.09. The predicted molar refractivity (Wildman–Crippen MR) is 106 cm³/mol. The Morgan fingerprint density at radius 1 is 1.04 bits per heavy atom. The number of ether oxygens (including phenoxy) is 1. The van der Waals surface area contributed by atoms with Gasteiger partial charge < -0.3 is 4.74 Å². The van der Waals surface area contributed by atoms with Gasteiger partial charge in [0, 0.05) is 16.4 Å². The second-order valence-electron chi connectivity index (χ2n) is 6.64. The lowest BCUT2D eigenvalue weighted by atomic mass is 10.1. The monoisotopic (exact) mass is 406 g/mol. The van der Waals surface area contributed by atoms with E-state index in [1.807, 2.05) is 6.92 Å². The SMILES string of the molecule is CCOc1ccc(N2C(=O)N(c3cccc(Cl)c3)[C@H]3CS(=O)(=O)C[C@H]32)cc1. The van der Waals surface area contributed by atoms with E-state index in [0.717, 1.165) is 0 Å². The van der Waals surface area contributed by atoms with Gasteiger partial charge in [-0.3, -0.25) is 9.80 Å². The second kappa shape index (κ2) is 6.73. The first-order chi connectivity index (χ1) is 12.9. The zero-order chi connectivity index (χ0) is 19.2. The van der Waals surface area contributed by atoms with Crippen LogP contribution in [0.15, 0.2) is 48.5 Å². The van der Waals surface area contributed by atoms with Crippen LogP contribution < -0.4 is 14.5 Å². The van der Waals surface area contributed by atoms with E-state index in [1.165, 1.54) is 0 Å². The normalized spacial score (nSPS) is 23.6. The first-order valence-electron chi connectivity index (χ1n) is 8.71. The van der Waals surface area contributed by atoms with Crippen LogP contribution in [-0.4, -0.2) is 44.6 Å². The van der Waals surface area contributed by atoms with Crippen molar-refractivity contribution in [2.45, 2.75) is 19.0 Å². The molecule has 2 saturated heterocycles. The molecule has 0 saturated carbocycles. The molecule has 2 aromatic rings. The molecule has 142 valence electrons. The molecule has 2 heterocycles. The number of carbonyl (C=O) groups is 1. The Labute approximate surface area is 163 Å². The van der Waals surface area contributed by atoms with E-state index < -0.39 is 21.9 Å². The highest BCUT2D eigenvalue weighted by Crippen LogP contribution is 2.38. The van der Waals surface area contributed by atoms with Crippen molar-refractivity contribution in [1.82, 2.24) is 0 Å². The maximum absolute atomic E-state index is 13.2. The Morgan fingerprint density at radius 3 is 2.26 bits per heavy atom. The molecule has 2 aromatic carbocycles. The molecule has 2 amide bonds. The van der Waals surface area contributed by atoms with Crippen LogP contribution in [0, 0.1) is 0 Å². The van der Waals surface area contributed by atoms with Crippen molar-refractivity contribution in [1.29, 1.82) is 0 Å². The van der Waals surface area contributed by atoms with Crippen molar-refractivity contribution in [2.24, 2.45) is 0 Å². The molecule has 6 nitrogen and oxygen atoms in total. The Bertz CT molecular complexity index is 977. The number of urea groups is 1. The summed E-state index contributed by atoms with van der Waals surface area (Å²) in [5.74, 6) is 0.604. The van der Waals surface area contributed by atoms with E-state index in [0.29, 0.717) is 28.8 Å².